The molecule has 1 aromatic rings. The van der Waals surface area contributed by atoms with Crippen LogP contribution >= 0.6 is 11.8 Å². The molecule has 2 amide bonds. The summed E-state index contributed by atoms with van der Waals surface area (Å²) in [6.07, 6.45) is 0. The van der Waals surface area contributed by atoms with E-state index in [-0.39, 0.29) is 28.6 Å². The van der Waals surface area contributed by atoms with E-state index >= 15 is 0 Å². The molecule has 134 valence electrons. The number of nitrogens with one attached hydrogen (secondary N) is 2. The van der Waals surface area contributed by atoms with Crippen molar-refractivity contribution in [2.75, 3.05) is 37.2 Å². The number of likely N-dealkylation sites (N-methyl/N-ethyl adjacent to an activating group) is 1. The summed E-state index contributed by atoms with van der Waals surface area (Å²) >= 11 is 1.27. The Hall–Kier alpha value is -1.60. The van der Waals surface area contributed by atoms with Crippen molar-refractivity contribution in [1.82, 2.24) is 10.2 Å². The second kappa shape index (κ2) is 11.0. The van der Waals surface area contributed by atoms with Gasteiger partial charge in [0, 0.05) is 18.8 Å². The van der Waals surface area contributed by atoms with Gasteiger partial charge in [0.25, 0.3) is 0 Å². The van der Waals surface area contributed by atoms with Gasteiger partial charge in [0.05, 0.1) is 11.0 Å². The number of hydrogen-bond donors (Lipinski definition) is 2. The Morgan fingerprint density at radius 1 is 1.21 bits per heavy atom. The predicted molar refractivity (Wildman–Crippen MR) is 97.7 cm³/mol. The topological polar surface area (TPSA) is 61.4 Å². The number of carbonyl (C=O) groups is 2. The average Bonchev–Trinajstić information content (AvgIpc) is 2.58. The summed E-state index contributed by atoms with van der Waals surface area (Å²) in [6.45, 7) is 9.30. The molecule has 0 aliphatic carbocycles. The van der Waals surface area contributed by atoms with Crippen molar-refractivity contribution < 1.29 is 14.0 Å². The maximum atomic E-state index is 12.8. The van der Waals surface area contributed by atoms with E-state index in [1.807, 2.05) is 0 Å². The zero-order valence-electron chi connectivity index (χ0n) is 14.5. The number of thioether (sulfide) groups is 1. The number of amides is 2. The van der Waals surface area contributed by atoms with E-state index in [4.69, 9.17) is 0 Å². The van der Waals surface area contributed by atoms with Gasteiger partial charge in [-0.25, -0.2) is 4.39 Å². The van der Waals surface area contributed by atoms with Crippen LogP contribution in [0.5, 0.6) is 0 Å². The van der Waals surface area contributed by atoms with Crippen LogP contribution in [0.2, 0.25) is 0 Å². The molecule has 0 heterocycles. The minimum Gasteiger partial charge on any atom is -0.354 e. The second-order valence-corrected chi connectivity index (χ2v) is 6.66. The van der Waals surface area contributed by atoms with Crippen LogP contribution in [0, 0.1) is 5.82 Å². The summed E-state index contributed by atoms with van der Waals surface area (Å²) in [7, 11) is 0. The molecule has 0 saturated heterocycles. The molecule has 0 aliphatic heterocycles. The predicted octanol–water partition coefficient (Wildman–Crippen LogP) is 2.34. The van der Waals surface area contributed by atoms with Crippen LogP contribution in [-0.2, 0) is 9.59 Å². The zero-order chi connectivity index (χ0) is 17.9. The highest BCUT2D eigenvalue weighted by molar-refractivity contribution is 8.01. The molecule has 0 radical (unpaired) electrons. The number of nitrogens with zero attached hydrogens (tertiary/aromatic N) is 1. The van der Waals surface area contributed by atoms with Crippen molar-refractivity contribution in [3.05, 3.63) is 30.1 Å². The monoisotopic (exact) mass is 355 g/mol. The highest BCUT2D eigenvalue weighted by Gasteiger charge is 2.15. The number of carbonyl (C=O) groups excluding carboxylic acids is 2. The summed E-state index contributed by atoms with van der Waals surface area (Å²) in [5.41, 5.74) is 0.540. The molecule has 0 spiro atoms. The molecule has 24 heavy (non-hydrogen) atoms. The van der Waals surface area contributed by atoms with Crippen molar-refractivity contribution in [3.8, 4) is 0 Å². The van der Waals surface area contributed by atoms with Gasteiger partial charge in [0.15, 0.2) is 0 Å². The van der Waals surface area contributed by atoms with E-state index in [1.54, 1.807) is 6.92 Å². The van der Waals surface area contributed by atoms with Gasteiger partial charge in [-0.05, 0) is 44.3 Å². The first-order chi connectivity index (χ1) is 11.5. The molecule has 2 N–H and O–H groups in total. The molecule has 7 heteroatoms. The fourth-order valence-corrected chi connectivity index (χ4v) is 2.74. The Bertz CT molecular complexity index is 521. The minimum absolute atomic E-state index is 0.0678. The standard InChI is InChI=1S/C17H26FN3O2S/c1-4-21(5-2)11-10-19-17(23)13(3)24-12-16(22)20-15-8-6-14(18)7-9-15/h6-9,13H,4-5,10-12H2,1-3H3,(H,19,23)(H,20,22). The van der Waals surface area contributed by atoms with E-state index in [2.05, 4.69) is 29.4 Å². The van der Waals surface area contributed by atoms with Crippen LogP contribution in [0.15, 0.2) is 24.3 Å². The lowest BCUT2D eigenvalue weighted by Gasteiger charge is -2.19. The first-order valence-electron chi connectivity index (χ1n) is 8.13. The Labute approximate surface area is 147 Å². The first-order valence-corrected chi connectivity index (χ1v) is 9.18. The van der Waals surface area contributed by atoms with Crippen molar-refractivity contribution in [1.29, 1.82) is 0 Å². The van der Waals surface area contributed by atoms with Gasteiger partial charge in [-0.15, -0.1) is 11.8 Å². The average molecular weight is 355 g/mol. The molecule has 0 aliphatic rings. The van der Waals surface area contributed by atoms with Crippen LogP contribution in [-0.4, -0.2) is 53.9 Å². The minimum atomic E-state index is -0.350. The lowest BCUT2D eigenvalue weighted by molar-refractivity contribution is -0.120. The number of rotatable bonds is 10. The van der Waals surface area contributed by atoms with E-state index in [9.17, 15) is 14.0 Å². The molecular weight excluding hydrogens is 329 g/mol. The molecule has 1 rings (SSSR count). The number of halogens is 1. The van der Waals surface area contributed by atoms with E-state index in [0.717, 1.165) is 19.6 Å². The smallest absolute Gasteiger partial charge is 0.234 e. The van der Waals surface area contributed by atoms with Crippen molar-refractivity contribution in [2.24, 2.45) is 0 Å². The highest BCUT2D eigenvalue weighted by Crippen LogP contribution is 2.13. The summed E-state index contributed by atoms with van der Waals surface area (Å²) in [4.78, 5) is 26.1. The van der Waals surface area contributed by atoms with Gasteiger partial charge in [0.1, 0.15) is 5.82 Å². The Morgan fingerprint density at radius 2 is 1.83 bits per heavy atom. The van der Waals surface area contributed by atoms with Crippen molar-refractivity contribution in [3.63, 3.8) is 0 Å². The van der Waals surface area contributed by atoms with Crippen LogP contribution in [0.1, 0.15) is 20.8 Å². The largest absolute Gasteiger partial charge is 0.354 e. The van der Waals surface area contributed by atoms with Crippen LogP contribution in [0.4, 0.5) is 10.1 Å². The zero-order valence-corrected chi connectivity index (χ0v) is 15.3. The van der Waals surface area contributed by atoms with Crippen molar-refractivity contribution >= 4 is 29.3 Å². The van der Waals surface area contributed by atoms with Crippen LogP contribution < -0.4 is 10.6 Å². The number of hydrogen-bond acceptors (Lipinski definition) is 4. The molecule has 0 bridgehead atoms. The van der Waals surface area contributed by atoms with Gasteiger partial charge >= 0.3 is 0 Å². The van der Waals surface area contributed by atoms with E-state index in [1.165, 1.54) is 36.0 Å². The van der Waals surface area contributed by atoms with Crippen molar-refractivity contribution in [2.45, 2.75) is 26.0 Å². The molecule has 0 saturated carbocycles. The van der Waals surface area contributed by atoms with Gasteiger partial charge in [-0.2, -0.15) is 0 Å². The van der Waals surface area contributed by atoms with E-state index in [0.29, 0.717) is 12.2 Å². The molecule has 1 aromatic carbocycles. The van der Waals surface area contributed by atoms with Gasteiger partial charge in [-0.1, -0.05) is 13.8 Å². The van der Waals surface area contributed by atoms with Crippen LogP contribution in [0.25, 0.3) is 0 Å². The lowest BCUT2D eigenvalue weighted by atomic mass is 10.3. The quantitative estimate of drug-likeness (QED) is 0.676. The summed E-state index contributed by atoms with van der Waals surface area (Å²) in [6, 6.07) is 5.58. The van der Waals surface area contributed by atoms with Gasteiger partial charge in [0.2, 0.25) is 11.8 Å². The van der Waals surface area contributed by atoms with Crippen LogP contribution in [0.3, 0.4) is 0 Å². The fraction of sp³-hybridized carbons (Fsp3) is 0.529. The normalized spacial score (nSPS) is 12.0. The molecule has 1 atom stereocenters. The SMILES string of the molecule is CCN(CC)CCNC(=O)C(C)SCC(=O)Nc1ccc(F)cc1. The molecule has 0 fully saturated rings. The Morgan fingerprint density at radius 3 is 2.42 bits per heavy atom. The number of anilines is 1. The Balaban J connectivity index is 2.26. The summed E-state index contributed by atoms with van der Waals surface area (Å²) in [5.74, 6) is -0.462. The summed E-state index contributed by atoms with van der Waals surface area (Å²) < 4.78 is 12.8. The third-order valence-electron chi connectivity index (χ3n) is 3.58. The summed E-state index contributed by atoms with van der Waals surface area (Å²) in [5, 5.41) is 5.25. The second-order valence-electron chi connectivity index (χ2n) is 5.33. The maximum absolute atomic E-state index is 12.8. The number of benzene rings is 1. The molecule has 0 aromatic heterocycles. The van der Waals surface area contributed by atoms with E-state index < -0.39 is 0 Å². The maximum Gasteiger partial charge on any atom is 0.234 e. The Kier molecular flexibility index (Phi) is 9.41. The fourth-order valence-electron chi connectivity index (χ4n) is 2.03. The third-order valence-corrected chi connectivity index (χ3v) is 4.73. The van der Waals surface area contributed by atoms with Gasteiger partial charge in [-0.3, -0.25) is 9.59 Å². The first kappa shape index (κ1) is 20.4. The highest BCUT2D eigenvalue weighted by atomic mass is 32.2. The molecular formula is C17H26FN3O2S. The molecule has 5 nitrogen and oxygen atoms in total. The lowest BCUT2D eigenvalue weighted by Crippen LogP contribution is -2.38. The third kappa shape index (κ3) is 7.79. The molecule has 1 unspecified atom stereocenters. The van der Waals surface area contributed by atoms with Gasteiger partial charge < -0.3 is 15.5 Å².